The number of aliphatic hydroxyl groups is 1. The molecular weight excluding hydrogens is 188 g/mol. The highest BCUT2D eigenvalue weighted by atomic mass is 16.3. The smallest absolute Gasteiger partial charge is 0.0446 e. The van der Waals surface area contributed by atoms with E-state index in [0.29, 0.717) is 18.1 Å². The fourth-order valence-electron chi connectivity index (χ4n) is 2.42. The van der Waals surface area contributed by atoms with Gasteiger partial charge in [-0.15, -0.1) is 0 Å². The Bertz CT molecular complexity index is 182. The third-order valence-electron chi connectivity index (χ3n) is 3.10. The zero-order valence-corrected chi connectivity index (χ0v) is 10.4. The molecule has 0 saturated carbocycles. The van der Waals surface area contributed by atoms with Crippen molar-refractivity contribution in [1.82, 2.24) is 10.2 Å². The van der Waals surface area contributed by atoms with Crippen molar-refractivity contribution in [3.63, 3.8) is 0 Å². The summed E-state index contributed by atoms with van der Waals surface area (Å²) >= 11 is 0. The van der Waals surface area contributed by atoms with Gasteiger partial charge < -0.3 is 10.4 Å². The van der Waals surface area contributed by atoms with E-state index < -0.39 is 0 Å². The molecule has 0 spiro atoms. The van der Waals surface area contributed by atoms with Crippen LogP contribution >= 0.6 is 0 Å². The largest absolute Gasteiger partial charge is 0.396 e. The van der Waals surface area contributed by atoms with Gasteiger partial charge in [-0.05, 0) is 24.8 Å². The van der Waals surface area contributed by atoms with Crippen LogP contribution in [0.2, 0.25) is 0 Å². The van der Waals surface area contributed by atoms with Gasteiger partial charge in [-0.25, -0.2) is 0 Å². The lowest BCUT2D eigenvalue weighted by Crippen LogP contribution is -2.42. The summed E-state index contributed by atoms with van der Waals surface area (Å²) < 4.78 is 0. The molecule has 0 amide bonds. The summed E-state index contributed by atoms with van der Waals surface area (Å²) in [4.78, 5) is 2.54. The van der Waals surface area contributed by atoms with E-state index in [0.717, 1.165) is 32.6 Å². The molecule has 0 radical (unpaired) electrons. The molecule has 1 aliphatic rings. The van der Waals surface area contributed by atoms with Gasteiger partial charge in [0.2, 0.25) is 0 Å². The van der Waals surface area contributed by atoms with E-state index in [1.54, 1.807) is 0 Å². The number of nitrogens with one attached hydrogen (secondary N) is 1. The van der Waals surface area contributed by atoms with Gasteiger partial charge in [-0.1, -0.05) is 20.8 Å². The molecular formula is C12H26N2O. The summed E-state index contributed by atoms with van der Waals surface area (Å²) in [5, 5.41) is 12.6. The van der Waals surface area contributed by atoms with Crippen molar-refractivity contribution >= 4 is 0 Å². The van der Waals surface area contributed by atoms with Crippen molar-refractivity contribution in [2.75, 3.05) is 32.8 Å². The molecule has 3 nitrogen and oxygen atoms in total. The van der Waals surface area contributed by atoms with Crippen LogP contribution in [-0.4, -0.2) is 48.8 Å². The Hall–Kier alpha value is -0.120. The van der Waals surface area contributed by atoms with E-state index in [1.165, 1.54) is 6.42 Å². The van der Waals surface area contributed by atoms with Crippen LogP contribution in [0.4, 0.5) is 0 Å². The maximum Gasteiger partial charge on any atom is 0.0446 e. The minimum Gasteiger partial charge on any atom is -0.396 e. The summed E-state index contributed by atoms with van der Waals surface area (Å²) in [6.45, 7) is 11.5. The van der Waals surface area contributed by atoms with Gasteiger partial charge in [0.15, 0.2) is 0 Å². The van der Waals surface area contributed by atoms with Crippen LogP contribution in [0.3, 0.4) is 0 Å². The Balaban J connectivity index is 2.61. The average Bonchev–Trinajstić information content (AvgIpc) is 2.27. The minimum absolute atomic E-state index is 0.299. The number of rotatable bonds is 4. The Morgan fingerprint density at radius 1 is 1.47 bits per heavy atom. The second-order valence-electron chi connectivity index (χ2n) is 5.43. The van der Waals surface area contributed by atoms with E-state index in [-0.39, 0.29) is 0 Å². The predicted octanol–water partition coefficient (Wildman–Crippen LogP) is 1.08. The van der Waals surface area contributed by atoms with Crippen LogP contribution < -0.4 is 5.32 Å². The number of hydrogen-bond donors (Lipinski definition) is 2. The summed E-state index contributed by atoms with van der Waals surface area (Å²) in [6, 6.07) is 0.511. The van der Waals surface area contributed by atoms with E-state index in [9.17, 15) is 0 Å². The van der Waals surface area contributed by atoms with Gasteiger partial charge >= 0.3 is 0 Å². The quantitative estimate of drug-likeness (QED) is 0.735. The molecule has 1 heterocycles. The maximum absolute atomic E-state index is 9.07. The van der Waals surface area contributed by atoms with Crippen LogP contribution in [0.25, 0.3) is 0 Å². The van der Waals surface area contributed by atoms with E-state index in [4.69, 9.17) is 5.11 Å². The molecule has 1 rings (SSSR count). The normalized spacial score (nSPS) is 27.6. The summed E-state index contributed by atoms with van der Waals surface area (Å²) in [7, 11) is 0. The van der Waals surface area contributed by atoms with Crippen LogP contribution in [0.1, 0.15) is 33.6 Å². The number of hydrogen-bond acceptors (Lipinski definition) is 3. The monoisotopic (exact) mass is 214 g/mol. The van der Waals surface area contributed by atoms with Gasteiger partial charge in [0.05, 0.1) is 0 Å². The first-order valence-electron chi connectivity index (χ1n) is 6.14. The standard InChI is InChI=1S/C12H26N2O/c1-4-6-14-10-12(2,3)9-13-8-11(14)5-7-15/h11,13,15H,4-10H2,1-3H3. The van der Waals surface area contributed by atoms with Gasteiger partial charge in [0.25, 0.3) is 0 Å². The molecule has 1 aliphatic heterocycles. The second-order valence-corrected chi connectivity index (χ2v) is 5.43. The van der Waals surface area contributed by atoms with Gasteiger partial charge in [0, 0.05) is 32.3 Å². The number of nitrogens with zero attached hydrogens (tertiary/aromatic N) is 1. The van der Waals surface area contributed by atoms with Crippen LogP contribution in [0, 0.1) is 5.41 Å². The lowest BCUT2D eigenvalue weighted by atomic mass is 9.93. The summed E-state index contributed by atoms with van der Waals surface area (Å²) in [5.74, 6) is 0. The molecule has 2 N–H and O–H groups in total. The molecule has 15 heavy (non-hydrogen) atoms. The van der Waals surface area contributed by atoms with Gasteiger partial charge in [0.1, 0.15) is 0 Å². The molecule has 0 aliphatic carbocycles. The summed E-state index contributed by atoms with van der Waals surface area (Å²) in [6.07, 6.45) is 2.08. The Labute approximate surface area is 93.9 Å². The molecule has 0 aromatic rings. The van der Waals surface area contributed by atoms with Gasteiger partial charge in [-0.2, -0.15) is 0 Å². The van der Waals surface area contributed by atoms with Crippen molar-refractivity contribution in [2.45, 2.75) is 39.7 Å². The molecule has 3 heteroatoms. The average molecular weight is 214 g/mol. The highest BCUT2D eigenvalue weighted by Crippen LogP contribution is 2.21. The first-order valence-corrected chi connectivity index (χ1v) is 6.14. The van der Waals surface area contributed by atoms with Crippen LogP contribution in [0.5, 0.6) is 0 Å². The van der Waals surface area contributed by atoms with E-state index in [1.807, 2.05) is 0 Å². The van der Waals surface area contributed by atoms with Gasteiger partial charge in [-0.3, -0.25) is 4.90 Å². The predicted molar refractivity (Wildman–Crippen MR) is 64.0 cm³/mol. The Morgan fingerprint density at radius 3 is 2.80 bits per heavy atom. The van der Waals surface area contributed by atoms with Crippen LogP contribution in [-0.2, 0) is 0 Å². The Kier molecular flexibility index (Phi) is 5.03. The van der Waals surface area contributed by atoms with E-state index >= 15 is 0 Å². The SMILES string of the molecule is CCCN1CC(C)(C)CNCC1CCO. The lowest BCUT2D eigenvalue weighted by molar-refractivity contribution is 0.133. The highest BCUT2D eigenvalue weighted by Gasteiger charge is 2.29. The molecule has 0 aromatic heterocycles. The fourth-order valence-corrected chi connectivity index (χ4v) is 2.42. The topological polar surface area (TPSA) is 35.5 Å². The summed E-state index contributed by atoms with van der Waals surface area (Å²) in [5.41, 5.74) is 0.347. The molecule has 1 unspecified atom stereocenters. The molecule has 0 aromatic carbocycles. The zero-order valence-electron chi connectivity index (χ0n) is 10.4. The third kappa shape index (κ3) is 4.09. The van der Waals surface area contributed by atoms with Crippen molar-refractivity contribution in [3.05, 3.63) is 0 Å². The second kappa shape index (κ2) is 5.83. The fraction of sp³-hybridized carbons (Fsp3) is 1.00. The minimum atomic E-state index is 0.299. The van der Waals surface area contributed by atoms with E-state index in [2.05, 4.69) is 31.0 Å². The van der Waals surface area contributed by atoms with Crippen LogP contribution in [0.15, 0.2) is 0 Å². The molecule has 90 valence electrons. The van der Waals surface area contributed by atoms with Crippen molar-refractivity contribution in [3.8, 4) is 0 Å². The first kappa shape index (κ1) is 12.9. The molecule has 1 saturated heterocycles. The number of aliphatic hydroxyl groups excluding tert-OH is 1. The lowest BCUT2D eigenvalue weighted by Gasteiger charge is -2.33. The Morgan fingerprint density at radius 2 is 2.20 bits per heavy atom. The first-order chi connectivity index (χ1) is 7.09. The van der Waals surface area contributed by atoms with Crippen molar-refractivity contribution in [1.29, 1.82) is 0 Å². The highest BCUT2D eigenvalue weighted by molar-refractivity contribution is 4.86. The molecule has 0 bridgehead atoms. The van der Waals surface area contributed by atoms with Crippen molar-refractivity contribution in [2.24, 2.45) is 5.41 Å². The zero-order chi connectivity index (χ0) is 11.3. The maximum atomic E-state index is 9.07. The molecule has 1 atom stereocenters. The van der Waals surface area contributed by atoms with Crippen molar-refractivity contribution < 1.29 is 5.11 Å². The molecule has 1 fully saturated rings. The third-order valence-corrected chi connectivity index (χ3v) is 3.10.